The summed E-state index contributed by atoms with van der Waals surface area (Å²) in [6.07, 6.45) is 2.50. The lowest BCUT2D eigenvalue weighted by atomic mass is 10.0. The molecule has 11 heteroatoms. The molecule has 0 aliphatic carbocycles. The van der Waals surface area contributed by atoms with Gasteiger partial charge in [0.25, 0.3) is 12.4 Å². The Labute approximate surface area is 153 Å². The van der Waals surface area contributed by atoms with Crippen LogP contribution in [0.2, 0.25) is 0 Å². The van der Waals surface area contributed by atoms with Crippen molar-refractivity contribution in [1.29, 1.82) is 0 Å². The lowest BCUT2D eigenvalue weighted by Gasteiger charge is -2.35. The fourth-order valence-electron chi connectivity index (χ4n) is 2.75. The predicted octanol–water partition coefficient (Wildman–Crippen LogP) is -0.394. The Bertz CT molecular complexity index is 759. The van der Waals surface area contributed by atoms with Gasteiger partial charge in [-0.2, -0.15) is 0 Å². The Kier molecular flexibility index (Phi) is 7.06. The van der Waals surface area contributed by atoms with Gasteiger partial charge in [0.05, 0.1) is 24.4 Å². The first-order valence-electron chi connectivity index (χ1n) is 8.09. The van der Waals surface area contributed by atoms with E-state index in [9.17, 15) is 14.7 Å². The number of nitrogens with one attached hydrogen (secondary N) is 1. The van der Waals surface area contributed by atoms with Crippen LogP contribution in [0, 0.1) is 6.92 Å². The number of carboxylic acid groups (broad SMARTS) is 1. The molecule has 2 amide bonds. The average molecular weight is 380 g/mol. The first-order chi connectivity index (χ1) is 12.9. The molecule has 0 spiro atoms. The Morgan fingerprint density at radius 3 is 2.74 bits per heavy atom. The molecule has 1 aliphatic heterocycles. The number of aliphatic hydroxyl groups excluding tert-OH is 1. The molecule has 3 N–H and O–H groups in total. The Balaban J connectivity index is 0.000000817. The summed E-state index contributed by atoms with van der Waals surface area (Å²) in [6, 6.07) is 1.23. The van der Waals surface area contributed by atoms with Gasteiger partial charge in [-0.1, -0.05) is 10.3 Å². The number of β-amino-alcohol motifs (C(OH)–C–C–N with tert-alkyl or cyclic N) is 1. The van der Waals surface area contributed by atoms with Crippen LogP contribution in [0.3, 0.4) is 0 Å². The van der Waals surface area contributed by atoms with Gasteiger partial charge >= 0.3 is 0 Å². The second-order valence-electron chi connectivity index (χ2n) is 5.95. The minimum Gasteiger partial charge on any atom is -0.483 e. The standard InChI is InChI=1S/C15H18N4O5.CH2O2/c1-9-13(18-24-17-9)5-14(21)16-11-4-12(20)7-19(6-11)15(22)10-2-3-23-8-10;2-1-3/h2-3,8,11-12,20H,4-7H2,1H3,(H,16,21);1H,(H,2,3)/t11-,12+;/m0./s1. The largest absolute Gasteiger partial charge is 0.483 e. The molecule has 146 valence electrons. The monoisotopic (exact) mass is 380 g/mol. The van der Waals surface area contributed by atoms with Crippen LogP contribution in [0.15, 0.2) is 27.6 Å². The third-order valence-corrected chi connectivity index (χ3v) is 3.92. The maximum absolute atomic E-state index is 12.4. The van der Waals surface area contributed by atoms with E-state index in [-0.39, 0.29) is 37.3 Å². The summed E-state index contributed by atoms with van der Waals surface area (Å²) in [4.78, 5) is 34.3. The number of likely N-dealkylation sites (tertiary alicyclic amines) is 1. The molecule has 0 unspecified atom stereocenters. The fourth-order valence-corrected chi connectivity index (χ4v) is 2.75. The molecular formula is C16H20N4O7. The van der Waals surface area contributed by atoms with Gasteiger partial charge < -0.3 is 24.8 Å². The molecule has 1 saturated heterocycles. The van der Waals surface area contributed by atoms with Gasteiger partial charge in [0.2, 0.25) is 5.91 Å². The number of furan rings is 1. The number of piperidine rings is 1. The number of hydrogen-bond acceptors (Lipinski definition) is 8. The molecule has 0 bridgehead atoms. The first-order valence-corrected chi connectivity index (χ1v) is 8.09. The van der Waals surface area contributed by atoms with Crippen molar-refractivity contribution >= 4 is 18.3 Å². The third kappa shape index (κ3) is 5.64. The van der Waals surface area contributed by atoms with Crippen molar-refractivity contribution in [1.82, 2.24) is 20.5 Å². The zero-order valence-corrected chi connectivity index (χ0v) is 14.6. The molecule has 3 heterocycles. The van der Waals surface area contributed by atoms with Crippen molar-refractivity contribution < 1.29 is 33.6 Å². The van der Waals surface area contributed by atoms with E-state index in [1.54, 1.807) is 13.0 Å². The molecular weight excluding hydrogens is 360 g/mol. The number of aryl methyl sites for hydroxylation is 1. The normalized spacial score (nSPS) is 19.0. The number of hydrogen-bond donors (Lipinski definition) is 3. The van der Waals surface area contributed by atoms with Crippen LogP contribution in [-0.4, -0.2) is 68.9 Å². The Morgan fingerprint density at radius 1 is 1.41 bits per heavy atom. The number of rotatable bonds is 4. The quantitative estimate of drug-likeness (QED) is 0.600. The summed E-state index contributed by atoms with van der Waals surface area (Å²) < 4.78 is 9.47. The van der Waals surface area contributed by atoms with Gasteiger partial charge in [-0.3, -0.25) is 14.4 Å². The zero-order chi connectivity index (χ0) is 19.8. The van der Waals surface area contributed by atoms with E-state index in [1.807, 2.05) is 0 Å². The van der Waals surface area contributed by atoms with Crippen molar-refractivity contribution in [2.45, 2.75) is 31.9 Å². The van der Waals surface area contributed by atoms with Crippen molar-refractivity contribution in [3.63, 3.8) is 0 Å². The molecule has 0 saturated carbocycles. The van der Waals surface area contributed by atoms with Crippen LogP contribution < -0.4 is 5.32 Å². The van der Waals surface area contributed by atoms with Gasteiger partial charge in [0, 0.05) is 19.1 Å². The fraction of sp³-hybridized carbons (Fsp3) is 0.438. The van der Waals surface area contributed by atoms with Crippen LogP contribution in [-0.2, 0) is 16.0 Å². The Hall–Kier alpha value is -3.21. The lowest BCUT2D eigenvalue weighted by Crippen LogP contribution is -2.54. The molecule has 0 radical (unpaired) electrons. The molecule has 2 aromatic rings. The van der Waals surface area contributed by atoms with E-state index in [0.29, 0.717) is 29.9 Å². The second kappa shape index (κ2) is 9.48. The number of carbonyl (C=O) groups is 3. The van der Waals surface area contributed by atoms with E-state index in [4.69, 9.17) is 14.3 Å². The number of aliphatic hydroxyl groups is 1. The minimum atomic E-state index is -0.699. The van der Waals surface area contributed by atoms with Crippen LogP contribution in [0.25, 0.3) is 0 Å². The summed E-state index contributed by atoms with van der Waals surface area (Å²) in [5.41, 5.74) is 1.44. The second-order valence-corrected chi connectivity index (χ2v) is 5.95. The number of amides is 2. The van der Waals surface area contributed by atoms with Crippen molar-refractivity contribution in [3.8, 4) is 0 Å². The number of aromatic nitrogens is 2. The van der Waals surface area contributed by atoms with Crippen LogP contribution >= 0.6 is 0 Å². The van der Waals surface area contributed by atoms with E-state index in [2.05, 4.69) is 20.3 Å². The van der Waals surface area contributed by atoms with Crippen molar-refractivity contribution in [3.05, 3.63) is 35.5 Å². The highest BCUT2D eigenvalue weighted by Gasteiger charge is 2.30. The molecule has 0 aromatic carbocycles. The maximum Gasteiger partial charge on any atom is 0.290 e. The summed E-state index contributed by atoms with van der Waals surface area (Å²) in [5.74, 6) is -0.498. The van der Waals surface area contributed by atoms with Gasteiger partial charge in [0.1, 0.15) is 17.7 Å². The summed E-state index contributed by atoms with van der Waals surface area (Å²) in [7, 11) is 0. The summed E-state index contributed by atoms with van der Waals surface area (Å²) in [5, 5.41) is 27.0. The summed E-state index contributed by atoms with van der Waals surface area (Å²) in [6.45, 7) is 2.00. The predicted molar refractivity (Wildman–Crippen MR) is 88.6 cm³/mol. The molecule has 1 aliphatic rings. The van der Waals surface area contributed by atoms with Gasteiger partial charge in [-0.15, -0.1) is 0 Å². The number of nitrogens with zero attached hydrogens (tertiary/aromatic N) is 3. The molecule has 27 heavy (non-hydrogen) atoms. The van der Waals surface area contributed by atoms with Crippen LogP contribution in [0.4, 0.5) is 0 Å². The van der Waals surface area contributed by atoms with Crippen LogP contribution in [0.5, 0.6) is 0 Å². The van der Waals surface area contributed by atoms with Crippen molar-refractivity contribution in [2.24, 2.45) is 0 Å². The number of carbonyl (C=O) groups excluding carboxylic acids is 2. The molecule has 11 nitrogen and oxygen atoms in total. The summed E-state index contributed by atoms with van der Waals surface area (Å²) >= 11 is 0. The van der Waals surface area contributed by atoms with Gasteiger partial charge in [-0.05, 0) is 19.4 Å². The highest BCUT2D eigenvalue weighted by Crippen LogP contribution is 2.15. The SMILES string of the molecule is Cc1nonc1CC(=O)N[C@H]1C[C@@H](O)CN(C(=O)c2ccoc2)C1.O=CO. The zero-order valence-electron chi connectivity index (χ0n) is 14.6. The average Bonchev–Trinajstić information content (AvgIpc) is 3.27. The van der Waals surface area contributed by atoms with E-state index in [0.717, 1.165) is 0 Å². The van der Waals surface area contributed by atoms with E-state index < -0.39 is 6.10 Å². The maximum atomic E-state index is 12.4. The minimum absolute atomic E-state index is 0.0393. The van der Waals surface area contributed by atoms with Crippen molar-refractivity contribution in [2.75, 3.05) is 13.1 Å². The molecule has 2 aromatic heterocycles. The third-order valence-electron chi connectivity index (χ3n) is 3.92. The molecule has 2 atom stereocenters. The smallest absolute Gasteiger partial charge is 0.290 e. The molecule has 3 rings (SSSR count). The van der Waals surface area contributed by atoms with E-state index in [1.165, 1.54) is 17.4 Å². The highest BCUT2D eigenvalue weighted by atomic mass is 16.6. The first kappa shape index (κ1) is 20.1. The Morgan fingerprint density at radius 2 is 2.15 bits per heavy atom. The lowest BCUT2D eigenvalue weighted by molar-refractivity contribution is -0.123. The van der Waals surface area contributed by atoms with E-state index >= 15 is 0 Å². The van der Waals surface area contributed by atoms with Gasteiger partial charge in [0.15, 0.2) is 0 Å². The molecule has 1 fully saturated rings. The van der Waals surface area contributed by atoms with Gasteiger partial charge in [-0.25, -0.2) is 4.63 Å². The topological polar surface area (TPSA) is 159 Å². The van der Waals surface area contributed by atoms with Crippen LogP contribution in [0.1, 0.15) is 28.2 Å². The highest BCUT2D eigenvalue weighted by molar-refractivity contribution is 5.94.